The number of sulfonamides is 1. The van der Waals surface area contributed by atoms with Crippen molar-refractivity contribution in [1.82, 2.24) is 24.5 Å². The molecule has 0 amide bonds. The van der Waals surface area contributed by atoms with E-state index in [0.717, 1.165) is 5.69 Å². The van der Waals surface area contributed by atoms with Crippen LogP contribution in [0.2, 0.25) is 0 Å². The fraction of sp³-hybridized carbons (Fsp3) is 0.188. The highest BCUT2D eigenvalue weighted by atomic mass is 79.9. The second-order valence-corrected chi connectivity index (χ2v) is 8.01. The maximum absolute atomic E-state index is 12.3. The van der Waals surface area contributed by atoms with Gasteiger partial charge in [-0.1, -0.05) is 12.1 Å². The lowest BCUT2D eigenvalue weighted by atomic mass is 10.4. The molecule has 26 heavy (non-hydrogen) atoms. The van der Waals surface area contributed by atoms with E-state index in [2.05, 4.69) is 41.0 Å². The van der Waals surface area contributed by atoms with Gasteiger partial charge in [0, 0.05) is 29.8 Å². The Kier molecular flexibility index (Phi) is 5.64. The minimum absolute atomic E-state index is 0.207. The van der Waals surface area contributed by atoms with Crippen molar-refractivity contribution in [1.29, 1.82) is 0 Å². The molecular formula is C16H17BrN6O2S. The lowest BCUT2D eigenvalue weighted by Gasteiger charge is -2.10. The summed E-state index contributed by atoms with van der Waals surface area (Å²) < 4.78 is 29.3. The molecule has 0 radical (unpaired) electrons. The van der Waals surface area contributed by atoms with Gasteiger partial charge in [-0.3, -0.25) is 0 Å². The van der Waals surface area contributed by atoms with E-state index in [9.17, 15) is 8.42 Å². The molecule has 136 valence electrons. The molecule has 0 spiro atoms. The number of hydrogen-bond donors (Lipinski definition) is 2. The zero-order valence-electron chi connectivity index (χ0n) is 13.9. The van der Waals surface area contributed by atoms with Crippen LogP contribution in [0.3, 0.4) is 0 Å². The van der Waals surface area contributed by atoms with Gasteiger partial charge in [-0.15, -0.1) is 0 Å². The molecule has 0 aliphatic carbocycles. The van der Waals surface area contributed by atoms with Crippen LogP contribution in [0.25, 0.3) is 5.82 Å². The minimum atomic E-state index is -3.58. The van der Waals surface area contributed by atoms with Gasteiger partial charge in [0.15, 0.2) is 5.82 Å². The summed E-state index contributed by atoms with van der Waals surface area (Å²) >= 11 is 3.25. The number of anilines is 1. The SMILES string of the molecule is Cc1ccn(-c2cc(NCCNS(=O)(=O)c3ccccc3Br)ncn2)n1. The van der Waals surface area contributed by atoms with Crippen LogP contribution in [0.15, 0.2) is 58.3 Å². The number of aryl methyl sites for hydroxylation is 1. The Morgan fingerprint density at radius 2 is 1.96 bits per heavy atom. The van der Waals surface area contributed by atoms with Gasteiger partial charge in [0.05, 0.1) is 10.6 Å². The van der Waals surface area contributed by atoms with Gasteiger partial charge < -0.3 is 5.32 Å². The van der Waals surface area contributed by atoms with E-state index in [4.69, 9.17) is 0 Å². The third kappa shape index (κ3) is 4.45. The molecule has 0 aliphatic heterocycles. The third-order valence-electron chi connectivity index (χ3n) is 3.46. The predicted octanol–water partition coefficient (Wildman–Crippen LogP) is 2.12. The van der Waals surface area contributed by atoms with Gasteiger partial charge in [-0.25, -0.2) is 27.8 Å². The molecule has 1 aromatic carbocycles. The Balaban J connectivity index is 1.58. The molecule has 10 heteroatoms. The highest BCUT2D eigenvalue weighted by molar-refractivity contribution is 9.10. The first-order chi connectivity index (χ1) is 12.5. The Labute approximate surface area is 159 Å². The maximum atomic E-state index is 12.3. The van der Waals surface area contributed by atoms with Crippen LogP contribution in [0, 0.1) is 6.92 Å². The second-order valence-electron chi connectivity index (χ2n) is 5.42. The van der Waals surface area contributed by atoms with Gasteiger partial charge in [0.1, 0.15) is 12.1 Å². The fourth-order valence-electron chi connectivity index (χ4n) is 2.23. The summed E-state index contributed by atoms with van der Waals surface area (Å²) in [5.74, 6) is 1.22. The van der Waals surface area contributed by atoms with Crippen LogP contribution < -0.4 is 10.0 Å². The number of nitrogens with one attached hydrogen (secondary N) is 2. The van der Waals surface area contributed by atoms with Crippen LogP contribution in [0.5, 0.6) is 0 Å². The Bertz CT molecular complexity index is 1010. The minimum Gasteiger partial charge on any atom is -0.369 e. The molecule has 0 fully saturated rings. The van der Waals surface area contributed by atoms with Gasteiger partial charge in [0.25, 0.3) is 0 Å². The van der Waals surface area contributed by atoms with Crippen LogP contribution in [0.4, 0.5) is 5.82 Å². The zero-order chi connectivity index (χ0) is 18.6. The van der Waals surface area contributed by atoms with Gasteiger partial charge in [-0.2, -0.15) is 5.10 Å². The summed E-state index contributed by atoms with van der Waals surface area (Å²) in [6.45, 7) is 2.48. The topological polar surface area (TPSA) is 102 Å². The van der Waals surface area contributed by atoms with E-state index in [1.807, 2.05) is 19.2 Å². The van der Waals surface area contributed by atoms with Crippen molar-refractivity contribution in [3.63, 3.8) is 0 Å². The number of halogens is 1. The van der Waals surface area contributed by atoms with E-state index in [0.29, 0.717) is 22.7 Å². The molecule has 2 N–H and O–H groups in total. The van der Waals surface area contributed by atoms with Gasteiger partial charge in [0.2, 0.25) is 10.0 Å². The van der Waals surface area contributed by atoms with E-state index in [-0.39, 0.29) is 11.4 Å². The molecule has 2 heterocycles. The van der Waals surface area contributed by atoms with Crippen LogP contribution in [0.1, 0.15) is 5.69 Å². The molecule has 0 aliphatic rings. The Hall–Kier alpha value is -2.30. The molecule has 2 aromatic heterocycles. The van der Waals surface area contributed by atoms with Crippen molar-refractivity contribution in [2.45, 2.75) is 11.8 Å². The van der Waals surface area contributed by atoms with Crippen molar-refractivity contribution >= 4 is 31.8 Å². The molecule has 0 bridgehead atoms. The summed E-state index contributed by atoms with van der Waals surface area (Å²) in [6, 6.07) is 10.3. The number of nitrogens with zero attached hydrogens (tertiary/aromatic N) is 4. The summed E-state index contributed by atoms with van der Waals surface area (Å²) in [5.41, 5.74) is 0.889. The van der Waals surface area contributed by atoms with Crippen LogP contribution in [-0.2, 0) is 10.0 Å². The number of hydrogen-bond acceptors (Lipinski definition) is 6. The normalized spacial score (nSPS) is 11.5. The molecule has 0 saturated carbocycles. The molecule has 0 atom stereocenters. The first kappa shape index (κ1) is 18.5. The second kappa shape index (κ2) is 7.94. The highest BCUT2D eigenvalue weighted by Gasteiger charge is 2.16. The average molecular weight is 437 g/mol. The third-order valence-corrected chi connectivity index (χ3v) is 5.93. The summed E-state index contributed by atoms with van der Waals surface area (Å²) in [5, 5.41) is 7.36. The van der Waals surface area contributed by atoms with E-state index in [1.54, 1.807) is 35.0 Å². The van der Waals surface area contributed by atoms with Gasteiger partial charge >= 0.3 is 0 Å². The number of benzene rings is 1. The highest BCUT2D eigenvalue weighted by Crippen LogP contribution is 2.20. The molecule has 3 rings (SSSR count). The van der Waals surface area contributed by atoms with E-state index in [1.165, 1.54) is 6.33 Å². The van der Waals surface area contributed by atoms with Crippen LogP contribution in [-0.4, -0.2) is 41.3 Å². The fourth-order valence-corrected chi connectivity index (χ4v) is 4.26. The first-order valence-corrected chi connectivity index (χ1v) is 10.1. The lowest BCUT2D eigenvalue weighted by Crippen LogP contribution is -2.29. The Morgan fingerprint density at radius 3 is 2.69 bits per heavy atom. The van der Waals surface area contributed by atoms with Crippen molar-refractivity contribution in [3.8, 4) is 5.82 Å². The molecule has 3 aromatic rings. The quantitative estimate of drug-likeness (QED) is 0.550. The van der Waals surface area contributed by atoms with E-state index >= 15 is 0 Å². The largest absolute Gasteiger partial charge is 0.369 e. The summed E-state index contributed by atoms with van der Waals surface area (Å²) in [7, 11) is -3.58. The maximum Gasteiger partial charge on any atom is 0.241 e. The molecule has 0 saturated heterocycles. The van der Waals surface area contributed by atoms with Crippen LogP contribution >= 0.6 is 15.9 Å². The zero-order valence-corrected chi connectivity index (χ0v) is 16.3. The average Bonchev–Trinajstić information content (AvgIpc) is 3.06. The predicted molar refractivity (Wildman–Crippen MR) is 102 cm³/mol. The summed E-state index contributed by atoms with van der Waals surface area (Å²) in [6.07, 6.45) is 3.24. The van der Waals surface area contributed by atoms with Gasteiger partial charge in [-0.05, 0) is 41.1 Å². The monoisotopic (exact) mass is 436 g/mol. The smallest absolute Gasteiger partial charge is 0.241 e. The van der Waals surface area contributed by atoms with Crippen molar-refractivity contribution in [3.05, 3.63) is 59.1 Å². The number of aromatic nitrogens is 4. The van der Waals surface area contributed by atoms with E-state index < -0.39 is 10.0 Å². The van der Waals surface area contributed by atoms with Crippen molar-refractivity contribution in [2.24, 2.45) is 0 Å². The van der Waals surface area contributed by atoms with Crippen molar-refractivity contribution in [2.75, 3.05) is 18.4 Å². The summed E-state index contributed by atoms with van der Waals surface area (Å²) in [4.78, 5) is 8.51. The molecular weight excluding hydrogens is 420 g/mol. The Morgan fingerprint density at radius 1 is 1.15 bits per heavy atom. The molecule has 8 nitrogen and oxygen atoms in total. The standard InChI is InChI=1S/C16H17BrN6O2S/c1-12-6-9-23(22-12)16-10-15(19-11-20-16)18-7-8-21-26(24,25)14-5-3-2-4-13(14)17/h2-6,9-11,21H,7-8H2,1H3,(H,18,19,20). The molecule has 0 unspecified atom stereocenters. The van der Waals surface area contributed by atoms with Crippen molar-refractivity contribution < 1.29 is 8.42 Å². The lowest BCUT2D eigenvalue weighted by molar-refractivity contribution is 0.582. The first-order valence-electron chi connectivity index (χ1n) is 7.78. The number of rotatable bonds is 7.